The predicted molar refractivity (Wildman–Crippen MR) is 125 cm³/mol. The lowest BCUT2D eigenvalue weighted by molar-refractivity contribution is -0.173. The van der Waals surface area contributed by atoms with Crippen LogP contribution in [0.4, 0.5) is 0 Å². The molecule has 0 amide bonds. The second-order valence-electron chi connectivity index (χ2n) is 7.76. The molecule has 0 saturated heterocycles. The van der Waals surface area contributed by atoms with Gasteiger partial charge in [0, 0.05) is 12.2 Å². The number of ether oxygens (including phenoxy) is 6. The summed E-state index contributed by atoms with van der Waals surface area (Å²) < 4.78 is 30.4. The Morgan fingerprint density at radius 2 is 1.22 bits per heavy atom. The summed E-state index contributed by atoms with van der Waals surface area (Å²) in [6.07, 6.45) is -2.97. The Kier molecular flexibility index (Phi) is 15.5. The fraction of sp³-hybridized carbons (Fsp3) is 0.667. The lowest BCUT2D eigenvalue weighted by Gasteiger charge is -2.33. The molecule has 0 aliphatic rings. The maximum atomic E-state index is 12.4. The van der Waals surface area contributed by atoms with E-state index in [1.807, 2.05) is 0 Å². The van der Waals surface area contributed by atoms with Crippen molar-refractivity contribution in [1.82, 2.24) is 0 Å². The molecule has 0 rings (SSSR count). The van der Waals surface area contributed by atoms with E-state index in [9.17, 15) is 29.4 Å². The highest BCUT2D eigenvalue weighted by atomic mass is 16.6. The molecule has 0 aromatic rings. The van der Waals surface area contributed by atoms with E-state index in [0.717, 1.165) is 0 Å². The summed E-state index contributed by atoms with van der Waals surface area (Å²) >= 11 is 0. The van der Waals surface area contributed by atoms with Crippen LogP contribution in [0.25, 0.3) is 0 Å². The molecule has 0 heterocycles. The number of carbonyl (C=O) groups is 4. The van der Waals surface area contributed by atoms with E-state index in [1.54, 1.807) is 27.7 Å². The van der Waals surface area contributed by atoms with Crippen molar-refractivity contribution < 1.29 is 57.8 Å². The smallest absolute Gasteiger partial charge is 0.344 e. The van der Waals surface area contributed by atoms with Gasteiger partial charge in [-0.05, 0) is 34.1 Å². The first-order chi connectivity index (χ1) is 16.9. The molecule has 0 spiro atoms. The molecule has 2 N–H and O–H groups in total. The highest BCUT2D eigenvalue weighted by molar-refractivity contribution is 6.13. The van der Waals surface area contributed by atoms with Crippen LogP contribution in [0.1, 0.15) is 41.0 Å². The summed E-state index contributed by atoms with van der Waals surface area (Å²) in [5.74, 6) is -4.88. The van der Waals surface area contributed by atoms with Gasteiger partial charge in [-0.3, -0.25) is 9.59 Å². The van der Waals surface area contributed by atoms with Gasteiger partial charge in [0.1, 0.15) is 18.8 Å². The summed E-state index contributed by atoms with van der Waals surface area (Å²) in [7, 11) is 0. The molecule has 4 unspecified atom stereocenters. The Labute approximate surface area is 211 Å². The molecule has 36 heavy (non-hydrogen) atoms. The van der Waals surface area contributed by atoms with Gasteiger partial charge in [0.15, 0.2) is 18.5 Å². The third-order valence-corrected chi connectivity index (χ3v) is 5.05. The zero-order chi connectivity index (χ0) is 27.9. The second kappa shape index (κ2) is 16.8. The molecule has 0 saturated carbocycles. The zero-order valence-corrected chi connectivity index (χ0v) is 21.6. The maximum Gasteiger partial charge on any atom is 0.344 e. The molecule has 0 aromatic heterocycles. The molecule has 0 aliphatic carbocycles. The molecular formula is C24H38O12. The Hall–Kier alpha value is -2.80. The van der Waals surface area contributed by atoms with Gasteiger partial charge in [0.05, 0.1) is 25.2 Å². The maximum absolute atomic E-state index is 12.4. The van der Waals surface area contributed by atoms with Crippen molar-refractivity contribution in [3.63, 3.8) is 0 Å². The molecule has 0 aromatic carbocycles. The standard InChI is InChI=1S/C24H38O12/c1-8-24(12-34-21(28)15(5)18(25)31-9-2,13-35-22(29)16(6)19(26)32-10-3)14-36-23(30)17(7)20(27)33-11-4/h17-18,21,25,28H,5-6,8-14H2,1-4,7H3. The number of aliphatic hydroxyl groups is 2. The Morgan fingerprint density at radius 3 is 1.75 bits per heavy atom. The normalized spacial score (nSPS) is 15.0. The molecule has 0 fully saturated rings. The lowest BCUT2D eigenvalue weighted by Crippen LogP contribution is -2.41. The van der Waals surface area contributed by atoms with Crippen LogP contribution in [-0.4, -0.2) is 86.3 Å². The molecular weight excluding hydrogens is 480 g/mol. The molecule has 0 radical (unpaired) electrons. The first-order valence-electron chi connectivity index (χ1n) is 11.5. The van der Waals surface area contributed by atoms with Crippen molar-refractivity contribution in [2.45, 2.75) is 53.6 Å². The van der Waals surface area contributed by atoms with E-state index in [-0.39, 0.29) is 38.4 Å². The highest BCUT2D eigenvalue weighted by Crippen LogP contribution is 2.26. The lowest BCUT2D eigenvalue weighted by atomic mass is 9.87. The highest BCUT2D eigenvalue weighted by Gasteiger charge is 2.36. The first kappa shape index (κ1) is 33.2. The van der Waals surface area contributed by atoms with Crippen LogP contribution in [0.15, 0.2) is 24.3 Å². The van der Waals surface area contributed by atoms with Crippen molar-refractivity contribution in [2.24, 2.45) is 11.3 Å². The Morgan fingerprint density at radius 1 is 0.722 bits per heavy atom. The van der Waals surface area contributed by atoms with Gasteiger partial charge in [0.25, 0.3) is 0 Å². The third-order valence-electron chi connectivity index (χ3n) is 5.05. The van der Waals surface area contributed by atoms with Crippen LogP contribution in [-0.2, 0) is 47.6 Å². The molecule has 206 valence electrons. The van der Waals surface area contributed by atoms with Gasteiger partial charge < -0.3 is 38.6 Å². The quantitative estimate of drug-likeness (QED) is 0.0504. The van der Waals surface area contributed by atoms with Crippen molar-refractivity contribution in [1.29, 1.82) is 0 Å². The van der Waals surface area contributed by atoms with Gasteiger partial charge in [-0.2, -0.15) is 0 Å². The van der Waals surface area contributed by atoms with Crippen LogP contribution in [0.3, 0.4) is 0 Å². The number of aliphatic hydroxyl groups excluding tert-OH is 2. The molecule has 0 aliphatic heterocycles. The average Bonchev–Trinajstić information content (AvgIpc) is 2.86. The van der Waals surface area contributed by atoms with Crippen molar-refractivity contribution >= 4 is 23.9 Å². The predicted octanol–water partition coefficient (Wildman–Crippen LogP) is 1.03. The summed E-state index contributed by atoms with van der Waals surface area (Å²) in [5.41, 5.74) is -1.95. The fourth-order valence-corrected chi connectivity index (χ4v) is 2.50. The van der Waals surface area contributed by atoms with E-state index in [2.05, 4.69) is 13.2 Å². The van der Waals surface area contributed by atoms with E-state index in [0.29, 0.717) is 0 Å². The van der Waals surface area contributed by atoms with Crippen LogP contribution < -0.4 is 0 Å². The third kappa shape index (κ3) is 10.9. The van der Waals surface area contributed by atoms with Crippen molar-refractivity contribution in [3.8, 4) is 0 Å². The topological polar surface area (TPSA) is 164 Å². The van der Waals surface area contributed by atoms with E-state index in [4.69, 9.17) is 28.4 Å². The summed E-state index contributed by atoms with van der Waals surface area (Å²) in [6, 6.07) is 0. The number of hydrogen-bond donors (Lipinski definition) is 2. The molecule has 12 nitrogen and oxygen atoms in total. The van der Waals surface area contributed by atoms with Crippen LogP contribution in [0.2, 0.25) is 0 Å². The Balaban J connectivity index is 5.55. The van der Waals surface area contributed by atoms with Gasteiger partial charge in [0.2, 0.25) is 0 Å². The van der Waals surface area contributed by atoms with Gasteiger partial charge in [-0.25, -0.2) is 9.59 Å². The fourth-order valence-electron chi connectivity index (χ4n) is 2.50. The molecule has 0 bridgehead atoms. The van der Waals surface area contributed by atoms with Crippen LogP contribution >= 0.6 is 0 Å². The second-order valence-corrected chi connectivity index (χ2v) is 7.76. The number of carbonyl (C=O) groups excluding carboxylic acids is 4. The number of rotatable bonds is 18. The van der Waals surface area contributed by atoms with E-state index >= 15 is 0 Å². The van der Waals surface area contributed by atoms with Crippen LogP contribution in [0.5, 0.6) is 0 Å². The average molecular weight is 519 g/mol. The Bertz CT molecular complexity index is 777. The first-order valence-corrected chi connectivity index (χ1v) is 11.5. The summed E-state index contributed by atoms with van der Waals surface area (Å²) in [6.45, 7) is 13.8. The van der Waals surface area contributed by atoms with Gasteiger partial charge in [-0.1, -0.05) is 20.1 Å². The monoisotopic (exact) mass is 518 g/mol. The number of hydrogen-bond acceptors (Lipinski definition) is 12. The molecule has 4 atom stereocenters. The van der Waals surface area contributed by atoms with E-state index in [1.165, 1.54) is 6.92 Å². The minimum atomic E-state index is -1.67. The largest absolute Gasteiger partial charge is 0.465 e. The van der Waals surface area contributed by atoms with Crippen LogP contribution in [0, 0.1) is 11.3 Å². The van der Waals surface area contributed by atoms with E-state index < -0.39 is 66.6 Å². The minimum Gasteiger partial charge on any atom is -0.465 e. The zero-order valence-electron chi connectivity index (χ0n) is 21.6. The number of esters is 4. The van der Waals surface area contributed by atoms with Gasteiger partial charge >= 0.3 is 23.9 Å². The van der Waals surface area contributed by atoms with Crippen molar-refractivity contribution in [3.05, 3.63) is 24.3 Å². The summed E-state index contributed by atoms with van der Waals surface area (Å²) in [5, 5.41) is 20.1. The SMILES string of the molecule is C=C(C(=O)OCC)C(=O)OCC(CC)(COC(=O)C(C)C(=O)OCC)COC(O)C(=C)C(O)OCC. The minimum absolute atomic E-state index is 0.0296. The summed E-state index contributed by atoms with van der Waals surface area (Å²) in [4.78, 5) is 48.3. The van der Waals surface area contributed by atoms with Gasteiger partial charge in [-0.15, -0.1) is 0 Å². The molecule has 12 heteroatoms. The van der Waals surface area contributed by atoms with Crippen molar-refractivity contribution in [2.75, 3.05) is 39.6 Å².